The molecule has 0 bridgehead atoms. The standard InChI is InChI=1S/C19H20N4O3.C11H13NO2.C2H6/c1-25-17-12-13(19(24)23-8-10-26-11-9-23)6-7-16(17)20-18-14-4-2-3-5-15(14)21-22-18;1-14-10-6-4-9(5-7-10)12-11(13)8-2-3-8;1-2/h2-7,12H,8-11H2,1H3,(H2,20,21,22);4-8H,2-3H2,1H3,(H,12,13);1-2H3. The Balaban J connectivity index is 0.000000214. The molecule has 222 valence electrons. The number of hydrogen-bond acceptors (Lipinski definition) is 7. The minimum atomic E-state index is -0.0108. The van der Waals surface area contributed by atoms with Crippen LogP contribution in [0.2, 0.25) is 0 Å². The summed E-state index contributed by atoms with van der Waals surface area (Å²) >= 11 is 0. The van der Waals surface area contributed by atoms with Crippen molar-refractivity contribution >= 4 is 39.9 Å². The third-order valence-electron chi connectivity index (χ3n) is 6.78. The summed E-state index contributed by atoms with van der Waals surface area (Å²) in [7, 11) is 3.21. The Bertz CT molecular complexity index is 1460. The number of benzene rings is 3. The third-order valence-corrected chi connectivity index (χ3v) is 6.78. The van der Waals surface area contributed by atoms with Gasteiger partial charge in [0.1, 0.15) is 11.5 Å². The quantitative estimate of drug-likeness (QED) is 0.254. The van der Waals surface area contributed by atoms with E-state index >= 15 is 0 Å². The maximum absolute atomic E-state index is 12.6. The van der Waals surface area contributed by atoms with Crippen LogP contribution in [0.4, 0.5) is 17.2 Å². The zero-order valence-corrected chi connectivity index (χ0v) is 24.6. The number of methoxy groups -OCH3 is 2. The number of aromatic amines is 1. The summed E-state index contributed by atoms with van der Waals surface area (Å²) in [5.41, 5.74) is 3.14. The number of hydrogen-bond donors (Lipinski definition) is 3. The van der Waals surface area contributed by atoms with E-state index in [0.29, 0.717) is 43.4 Å². The maximum Gasteiger partial charge on any atom is 0.254 e. The second kappa shape index (κ2) is 14.9. The summed E-state index contributed by atoms with van der Waals surface area (Å²) in [5, 5.41) is 14.4. The number of fused-ring (bicyclic) bond motifs is 1. The first-order valence-electron chi connectivity index (χ1n) is 14.3. The summed E-state index contributed by atoms with van der Waals surface area (Å²) in [6.07, 6.45) is 2.06. The van der Waals surface area contributed by atoms with Crippen molar-refractivity contribution in [2.45, 2.75) is 26.7 Å². The van der Waals surface area contributed by atoms with E-state index in [1.807, 2.05) is 68.4 Å². The van der Waals surface area contributed by atoms with Gasteiger partial charge in [-0.25, -0.2) is 0 Å². The summed E-state index contributed by atoms with van der Waals surface area (Å²) in [5.74, 6) is 2.48. The highest BCUT2D eigenvalue weighted by atomic mass is 16.5. The number of carbonyl (C=O) groups is 2. The highest BCUT2D eigenvalue weighted by Gasteiger charge is 2.29. The van der Waals surface area contributed by atoms with Gasteiger partial charge in [-0.1, -0.05) is 26.0 Å². The largest absolute Gasteiger partial charge is 0.497 e. The molecule has 10 heteroatoms. The van der Waals surface area contributed by atoms with Crippen LogP contribution < -0.4 is 20.1 Å². The molecule has 2 heterocycles. The van der Waals surface area contributed by atoms with Crippen LogP contribution in [0, 0.1) is 5.92 Å². The number of amides is 2. The van der Waals surface area contributed by atoms with Gasteiger partial charge < -0.3 is 29.7 Å². The zero-order chi connectivity index (χ0) is 29.9. The van der Waals surface area contributed by atoms with Crippen LogP contribution in [-0.4, -0.2) is 67.4 Å². The number of carbonyl (C=O) groups excluding carboxylic acids is 2. The highest BCUT2D eigenvalue weighted by molar-refractivity contribution is 5.96. The molecule has 3 N–H and O–H groups in total. The molecule has 0 spiro atoms. The molecule has 2 fully saturated rings. The topological polar surface area (TPSA) is 118 Å². The van der Waals surface area contributed by atoms with E-state index in [2.05, 4.69) is 20.8 Å². The number of para-hydroxylation sites is 1. The van der Waals surface area contributed by atoms with Crippen molar-refractivity contribution in [1.29, 1.82) is 0 Å². The Kier molecular flexibility index (Phi) is 10.8. The molecule has 1 aliphatic carbocycles. The number of nitrogens with one attached hydrogen (secondary N) is 3. The number of nitrogens with zero attached hydrogens (tertiary/aromatic N) is 2. The first-order chi connectivity index (χ1) is 20.6. The molecule has 42 heavy (non-hydrogen) atoms. The van der Waals surface area contributed by atoms with E-state index in [-0.39, 0.29) is 17.7 Å². The van der Waals surface area contributed by atoms with E-state index in [0.717, 1.165) is 40.9 Å². The highest BCUT2D eigenvalue weighted by Crippen LogP contribution is 2.32. The van der Waals surface area contributed by atoms with Crippen molar-refractivity contribution < 1.29 is 23.8 Å². The summed E-state index contributed by atoms with van der Waals surface area (Å²) < 4.78 is 15.8. The predicted molar refractivity (Wildman–Crippen MR) is 165 cm³/mol. The summed E-state index contributed by atoms with van der Waals surface area (Å²) in [4.78, 5) is 25.8. The molecule has 0 unspecified atom stereocenters. The minimum Gasteiger partial charge on any atom is -0.497 e. The first-order valence-corrected chi connectivity index (χ1v) is 14.3. The van der Waals surface area contributed by atoms with Crippen molar-refractivity contribution in [2.24, 2.45) is 5.92 Å². The van der Waals surface area contributed by atoms with Crippen LogP contribution in [0.15, 0.2) is 66.7 Å². The number of H-pyrrole nitrogens is 1. The van der Waals surface area contributed by atoms with Crippen molar-refractivity contribution in [3.8, 4) is 11.5 Å². The molecular weight excluding hydrogens is 534 g/mol. The fourth-order valence-electron chi connectivity index (χ4n) is 4.33. The monoisotopic (exact) mass is 573 g/mol. The molecule has 1 saturated heterocycles. The number of anilines is 3. The molecule has 4 aromatic rings. The van der Waals surface area contributed by atoms with E-state index in [1.165, 1.54) is 0 Å². The van der Waals surface area contributed by atoms with Crippen LogP contribution in [0.3, 0.4) is 0 Å². The molecule has 1 saturated carbocycles. The van der Waals surface area contributed by atoms with Gasteiger partial charge in [0.05, 0.1) is 38.6 Å². The van der Waals surface area contributed by atoms with E-state index in [9.17, 15) is 9.59 Å². The number of rotatable bonds is 7. The van der Waals surface area contributed by atoms with Crippen molar-refractivity contribution in [3.63, 3.8) is 0 Å². The predicted octanol–water partition coefficient (Wildman–Crippen LogP) is 5.86. The van der Waals surface area contributed by atoms with Crippen molar-refractivity contribution in [1.82, 2.24) is 15.1 Å². The fraction of sp³-hybridized carbons (Fsp3) is 0.344. The van der Waals surface area contributed by atoms with Gasteiger partial charge in [0.2, 0.25) is 5.91 Å². The van der Waals surface area contributed by atoms with Crippen LogP contribution >= 0.6 is 0 Å². The molecule has 2 aliphatic rings. The van der Waals surface area contributed by atoms with Crippen molar-refractivity contribution in [3.05, 3.63) is 72.3 Å². The maximum atomic E-state index is 12.6. The van der Waals surface area contributed by atoms with Gasteiger partial charge in [-0.3, -0.25) is 14.7 Å². The minimum absolute atomic E-state index is 0.0108. The lowest BCUT2D eigenvalue weighted by Crippen LogP contribution is -2.40. The molecule has 1 aliphatic heterocycles. The lowest BCUT2D eigenvalue weighted by atomic mass is 10.1. The van der Waals surface area contributed by atoms with E-state index in [4.69, 9.17) is 14.2 Å². The fourth-order valence-corrected chi connectivity index (χ4v) is 4.33. The van der Waals surface area contributed by atoms with Gasteiger partial charge in [-0.15, -0.1) is 0 Å². The lowest BCUT2D eigenvalue weighted by molar-refractivity contribution is -0.117. The van der Waals surface area contributed by atoms with Gasteiger partial charge in [0.15, 0.2) is 5.82 Å². The SMILES string of the molecule is CC.COc1cc(C(=O)N2CCOCC2)ccc1Nc1n[nH]c2ccccc12.COc1ccc(NC(=O)C2CC2)cc1. The van der Waals surface area contributed by atoms with Gasteiger partial charge in [-0.2, -0.15) is 5.10 Å². The van der Waals surface area contributed by atoms with E-state index in [1.54, 1.807) is 31.3 Å². The van der Waals surface area contributed by atoms with Gasteiger partial charge in [-0.05, 0) is 67.4 Å². The van der Waals surface area contributed by atoms with Crippen LogP contribution in [0.5, 0.6) is 11.5 Å². The summed E-state index contributed by atoms with van der Waals surface area (Å²) in [6, 6.07) is 20.6. The normalized spacial score (nSPS) is 14.0. The Morgan fingerprint density at radius 1 is 0.952 bits per heavy atom. The molecule has 2 amide bonds. The summed E-state index contributed by atoms with van der Waals surface area (Å²) in [6.45, 7) is 6.38. The Morgan fingerprint density at radius 2 is 1.67 bits per heavy atom. The van der Waals surface area contributed by atoms with Gasteiger partial charge in [0, 0.05) is 35.6 Å². The number of morpholine rings is 1. The number of aromatic nitrogens is 2. The van der Waals surface area contributed by atoms with E-state index < -0.39 is 0 Å². The molecule has 0 atom stereocenters. The molecule has 1 aromatic heterocycles. The Labute approximate surface area is 246 Å². The molecule has 0 radical (unpaired) electrons. The van der Waals surface area contributed by atoms with Gasteiger partial charge >= 0.3 is 0 Å². The lowest BCUT2D eigenvalue weighted by Gasteiger charge is -2.27. The second-order valence-electron chi connectivity index (χ2n) is 9.55. The van der Waals surface area contributed by atoms with Crippen LogP contribution in [0.1, 0.15) is 37.0 Å². The second-order valence-corrected chi connectivity index (χ2v) is 9.55. The average Bonchev–Trinajstić information content (AvgIpc) is 3.84. The molecule has 3 aromatic carbocycles. The molecule has 10 nitrogen and oxygen atoms in total. The zero-order valence-electron chi connectivity index (χ0n) is 24.6. The van der Waals surface area contributed by atoms with Gasteiger partial charge in [0.25, 0.3) is 5.91 Å². The third kappa shape index (κ3) is 7.79. The molecule has 6 rings (SSSR count). The molecular formula is C32H39N5O5. The van der Waals surface area contributed by atoms with Crippen LogP contribution in [0.25, 0.3) is 10.9 Å². The first kappa shape index (κ1) is 30.4. The van der Waals surface area contributed by atoms with Crippen molar-refractivity contribution in [2.75, 3.05) is 51.2 Å². The Hall–Kier alpha value is -4.57. The van der Waals surface area contributed by atoms with Crippen LogP contribution in [-0.2, 0) is 9.53 Å². The average molecular weight is 574 g/mol. The Morgan fingerprint density at radius 3 is 2.33 bits per heavy atom. The smallest absolute Gasteiger partial charge is 0.254 e. The number of ether oxygens (including phenoxy) is 3.